The Bertz CT molecular complexity index is 525. The molecule has 1 saturated heterocycles. The first kappa shape index (κ1) is 17.0. The number of nitrogens with one attached hydrogen (secondary N) is 1. The summed E-state index contributed by atoms with van der Waals surface area (Å²) in [6.07, 6.45) is 1.68. The third kappa shape index (κ3) is 4.30. The Morgan fingerprint density at radius 2 is 1.86 bits per heavy atom. The molecule has 1 aromatic carbocycles. The zero-order chi connectivity index (χ0) is 16.1. The standard InChI is InChI=1S/C16H20BrNO4/c1-10(11-6-8-22-9-7-11)15(19)18-14(16(20)21)12-2-4-13(17)5-3-12/h2-5,10-11,14H,6-9H2,1H3,(H,18,19)(H,20,21). The molecule has 22 heavy (non-hydrogen) atoms. The van der Waals surface area contributed by atoms with Gasteiger partial charge in [-0.3, -0.25) is 4.79 Å². The molecule has 2 N–H and O–H groups in total. The molecule has 1 aliphatic heterocycles. The zero-order valence-corrected chi connectivity index (χ0v) is 14.0. The van der Waals surface area contributed by atoms with Crippen LogP contribution in [-0.4, -0.2) is 30.2 Å². The van der Waals surface area contributed by atoms with Gasteiger partial charge < -0.3 is 15.2 Å². The second kappa shape index (κ2) is 7.74. The fourth-order valence-corrected chi connectivity index (χ4v) is 2.91. The van der Waals surface area contributed by atoms with Crippen molar-refractivity contribution in [2.75, 3.05) is 13.2 Å². The topological polar surface area (TPSA) is 75.6 Å². The number of rotatable bonds is 5. The number of ether oxygens (including phenoxy) is 1. The number of aliphatic carboxylic acids is 1. The molecular weight excluding hydrogens is 350 g/mol. The van der Waals surface area contributed by atoms with E-state index < -0.39 is 12.0 Å². The van der Waals surface area contributed by atoms with E-state index in [1.165, 1.54) is 0 Å². The van der Waals surface area contributed by atoms with Gasteiger partial charge in [0.2, 0.25) is 5.91 Å². The maximum Gasteiger partial charge on any atom is 0.330 e. The summed E-state index contributed by atoms with van der Waals surface area (Å²) in [6, 6.07) is 5.89. The molecule has 5 nitrogen and oxygen atoms in total. The van der Waals surface area contributed by atoms with Crippen molar-refractivity contribution < 1.29 is 19.4 Å². The fraction of sp³-hybridized carbons (Fsp3) is 0.500. The maximum absolute atomic E-state index is 12.4. The summed E-state index contributed by atoms with van der Waals surface area (Å²) in [5, 5.41) is 12.0. The first-order valence-corrected chi connectivity index (χ1v) is 8.14. The number of carbonyl (C=O) groups excluding carboxylic acids is 1. The number of benzene rings is 1. The Morgan fingerprint density at radius 3 is 2.41 bits per heavy atom. The van der Waals surface area contributed by atoms with Crippen molar-refractivity contribution in [1.82, 2.24) is 5.32 Å². The lowest BCUT2D eigenvalue weighted by molar-refractivity contribution is -0.143. The highest BCUT2D eigenvalue weighted by molar-refractivity contribution is 9.10. The average Bonchev–Trinajstić information content (AvgIpc) is 2.53. The number of hydrogen-bond donors (Lipinski definition) is 2. The van der Waals surface area contributed by atoms with Crippen LogP contribution in [0.2, 0.25) is 0 Å². The molecular formula is C16H20BrNO4. The highest BCUT2D eigenvalue weighted by atomic mass is 79.9. The molecule has 0 aromatic heterocycles. The SMILES string of the molecule is CC(C(=O)NC(C(=O)O)c1ccc(Br)cc1)C1CCOCC1. The van der Waals surface area contributed by atoms with Crippen LogP contribution in [0.5, 0.6) is 0 Å². The van der Waals surface area contributed by atoms with E-state index in [9.17, 15) is 14.7 Å². The third-order valence-electron chi connectivity index (χ3n) is 4.12. The molecule has 0 bridgehead atoms. The van der Waals surface area contributed by atoms with Crippen molar-refractivity contribution in [3.8, 4) is 0 Å². The molecule has 0 spiro atoms. The third-order valence-corrected chi connectivity index (χ3v) is 4.65. The summed E-state index contributed by atoms with van der Waals surface area (Å²) in [4.78, 5) is 23.8. The van der Waals surface area contributed by atoms with Crippen LogP contribution in [-0.2, 0) is 14.3 Å². The monoisotopic (exact) mass is 369 g/mol. The lowest BCUT2D eigenvalue weighted by Gasteiger charge is -2.28. The molecule has 6 heteroatoms. The van der Waals surface area contributed by atoms with Crippen LogP contribution < -0.4 is 5.32 Å². The van der Waals surface area contributed by atoms with E-state index in [1.54, 1.807) is 24.3 Å². The molecule has 1 amide bonds. The second-order valence-corrected chi connectivity index (χ2v) is 6.49. The second-order valence-electron chi connectivity index (χ2n) is 5.57. The maximum atomic E-state index is 12.4. The van der Waals surface area contributed by atoms with Crippen LogP contribution >= 0.6 is 15.9 Å². The molecule has 2 rings (SSSR count). The quantitative estimate of drug-likeness (QED) is 0.836. The van der Waals surface area contributed by atoms with Crippen molar-refractivity contribution in [3.63, 3.8) is 0 Å². The van der Waals surface area contributed by atoms with Gasteiger partial charge in [0, 0.05) is 23.6 Å². The molecule has 1 aromatic rings. The van der Waals surface area contributed by atoms with Crippen molar-refractivity contribution in [2.45, 2.75) is 25.8 Å². The zero-order valence-electron chi connectivity index (χ0n) is 12.4. The van der Waals surface area contributed by atoms with Crippen LogP contribution in [0, 0.1) is 11.8 Å². The van der Waals surface area contributed by atoms with Crippen LogP contribution in [0.1, 0.15) is 31.4 Å². The highest BCUT2D eigenvalue weighted by Crippen LogP contribution is 2.25. The van der Waals surface area contributed by atoms with Gasteiger partial charge in [-0.1, -0.05) is 35.0 Å². The van der Waals surface area contributed by atoms with Crippen molar-refractivity contribution in [2.24, 2.45) is 11.8 Å². The number of carboxylic acid groups (broad SMARTS) is 1. The lowest BCUT2D eigenvalue weighted by atomic mass is 9.86. The fourth-order valence-electron chi connectivity index (χ4n) is 2.65. The van der Waals surface area contributed by atoms with Gasteiger partial charge in [-0.05, 0) is 36.5 Å². The van der Waals surface area contributed by atoms with Crippen molar-refractivity contribution in [3.05, 3.63) is 34.3 Å². The van der Waals surface area contributed by atoms with E-state index in [-0.39, 0.29) is 17.7 Å². The number of carboxylic acids is 1. The molecule has 120 valence electrons. The minimum atomic E-state index is -1.06. The normalized spacial score (nSPS) is 18.5. The molecule has 2 atom stereocenters. The Labute approximate surface area is 138 Å². The van der Waals surface area contributed by atoms with E-state index in [1.807, 2.05) is 6.92 Å². The summed E-state index contributed by atoms with van der Waals surface area (Å²) in [5.41, 5.74) is 0.559. The molecule has 0 aliphatic carbocycles. The van der Waals surface area contributed by atoms with Crippen LogP contribution in [0.4, 0.5) is 0 Å². The molecule has 0 radical (unpaired) electrons. The highest BCUT2D eigenvalue weighted by Gasteiger charge is 2.29. The largest absolute Gasteiger partial charge is 0.479 e. The minimum absolute atomic E-state index is 0.220. The summed E-state index contributed by atoms with van der Waals surface area (Å²) in [5.74, 6) is -1.26. The predicted octanol–water partition coefficient (Wildman–Crippen LogP) is 2.75. The Hall–Kier alpha value is -1.40. The lowest BCUT2D eigenvalue weighted by Crippen LogP contribution is -2.40. The van der Waals surface area contributed by atoms with Gasteiger partial charge in [-0.25, -0.2) is 4.79 Å². The number of halogens is 1. The number of carbonyl (C=O) groups is 2. The molecule has 2 unspecified atom stereocenters. The summed E-state index contributed by atoms with van der Waals surface area (Å²) < 4.78 is 6.16. The summed E-state index contributed by atoms with van der Waals surface area (Å²) in [6.45, 7) is 3.18. The predicted molar refractivity (Wildman–Crippen MR) is 85.4 cm³/mol. The van der Waals surface area contributed by atoms with Crippen LogP contribution in [0.15, 0.2) is 28.7 Å². The van der Waals surface area contributed by atoms with Crippen molar-refractivity contribution >= 4 is 27.8 Å². The first-order valence-electron chi connectivity index (χ1n) is 7.35. The molecule has 1 aliphatic rings. The number of hydrogen-bond acceptors (Lipinski definition) is 3. The van der Waals surface area contributed by atoms with E-state index >= 15 is 0 Å². The molecule has 1 heterocycles. The van der Waals surface area contributed by atoms with E-state index in [0.29, 0.717) is 18.8 Å². The van der Waals surface area contributed by atoms with Gasteiger partial charge in [-0.15, -0.1) is 0 Å². The smallest absolute Gasteiger partial charge is 0.330 e. The summed E-state index contributed by atoms with van der Waals surface area (Å²) in [7, 11) is 0. The molecule has 0 saturated carbocycles. The van der Waals surface area contributed by atoms with Crippen LogP contribution in [0.25, 0.3) is 0 Å². The van der Waals surface area contributed by atoms with Gasteiger partial charge in [0.05, 0.1) is 0 Å². The van der Waals surface area contributed by atoms with E-state index in [4.69, 9.17) is 4.74 Å². The van der Waals surface area contributed by atoms with Gasteiger partial charge in [0.15, 0.2) is 6.04 Å². The Balaban J connectivity index is 2.05. The van der Waals surface area contributed by atoms with E-state index in [2.05, 4.69) is 21.2 Å². The van der Waals surface area contributed by atoms with Gasteiger partial charge in [-0.2, -0.15) is 0 Å². The van der Waals surface area contributed by atoms with Gasteiger partial charge in [0.25, 0.3) is 0 Å². The average molecular weight is 370 g/mol. The van der Waals surface area contributed by atoms with Gasteiger partial charge in [0.1, 0.15) is 0 Å². The summed E-state index contributed by atoms with van der Waals surface area (Å²) >= 11 is 3.31. The van der Waals surface area contributed by atoms with E-state index in [0.717, 1.165) is 17.3 Å². The Morgan fingerprint density at radius 1 is 1.27 bits per heavy atom. The van der Waals surface area contributed by atoms with Crippen LogP contribution in [0.3, 0.4) is 0 Å². The first-order chi connectivity index (χ1) is 10.5. The molecule has 1 fully saturated rings. The van der Waals surface area contributed by atoms with Crippen molar-refractivity contribution in [1.29, 1.82) is 0 Å². The minimum Gasteiger partial charge on any atom is -0.479 e. The van der Waals surface area contributed by atoms with Gasteiger partial charge >= 0.3 is 5.97 Å². The number of amides is 1. The Kier molecular flexibility index (Phi) is 5.97.